The molecule has 0 saturated carbocycles. The first-order valence-corrected chi connectivity index (χ1v) is 6.92. The van der Waals surface area contributed by atoms with Crippen molar-refractivity contribution in [3.8, 4) is 5.75 Å². The van der Waals surface area contributed by atoms with Gasteiger partial charge in [-0.25, -0.2) is 0 Å². The summed E-state index contributed by atoms with van der Waals surface area (Å²) in [6.45, 7) is 3.68. The zero-order chi connectivity index (χ0) is 13.5. The Hall–Kier alpha value is -1.55. The number of nitrogens with one attached hydrogen (secondary N) is 1. The quantitative estimate of drug-likeness (QED) is 0.793. The van der Waals surface area contributed by atoms with Crippen LogP contribution < -0.4 is 10.1 Å². The first-order chi connectivity index (χ1) is 9.27. The predicted molar refractivity (Wildman–Crippen MR) is 79.1 cm³/mol. The third kappa shape index (κ3) is 4.24. The lowest BCUT2D eigenvalue weighted by Crippen LogP contribution is -2.30. The molecule has 0 aromatic heterocycles. The molecule has 4 heteroatoms. The number of nitrogens with zero attached hydrogens (tertiary/aromatic N) is 2. The van der Waals surface area contributed by atoms with Crippen molar-refractivity contribution in [3.05, 3.63) is 29.8 Å². The second-order valence-electron chi connectivity index (χ2n) is 5.01. The topological polar surface area (TPSA) is 36.9 Å². The number of ether oxygens (including phenoxy) is 1. The van der Waals surface area contributed by atoms with Gasteiger partial charge in [0.25, 0.3) is 0 Å². The molecule has 0 radical (unpaired) electrons. The van der Waals surface area contributed by atoms with Gasteiger partial charge in [-0.05, 0) is 39.1 Å². The molecule has 1 aromatic rings. The van der Waals surface area contributed by atoms with Crippen molar-refractivity contribution < 1.29 is 4.74 Å². The minimum atomic E-state index is 0.739. The molecular formula is C15H23N3O. The smallest absolute Gasteiger partial charge is 0.132 e. The van der Waals surface area contributed by atoms with E-state index in [2.05, 4.69) is 35.4 Å². The van der Waals surface area contributed by atoms with E-state index in [1.807, 2.05) is 18.2 Å². The largest absolute Gasteiger partial charge is 0.493 e. The van der Waals surface area contributed by atoms with Crippen molar-refractivity contribution in [2.75, 3.05) is 40.3 Å². The summed E-state index contributed by atoms with van der Waals surface area (Å²) < 4.78 is 5.89. The van der Waals surface area contributed by atoms with Gasteiger partial charge in [0.1, 0.15) is 11.6 Å². The van der Waals surface area contributed by atoms with Crippen LogP contribution in [0.15, 0.2) is 29.3 Å². The monoisotopic (exact) mass is 261 g/mol. The van der Waals surface area contributed by atoms with E-state index in [1.54, 1.807) is 0 Å². The molecule has 0 bridgehead atoms. The van der Waals surface area contributed by atoms with E-state index in [0.717, 1.165) is 56.2 Å². The van der Waals surface area contributed by atoms with Crippen LogP contribution in [0, 0.1) is 0 Å². The molecule has 0 fully saturated rings. The first kappa shape index (κ1) is 13.9. The SMILES string of the molecule is CN(C)CCCOc1ccccc1C1=NCCCN1. The van der Waals surface area contributed by atoms with Crippen molar-refractivity contribution in [3.63, 3.8) is 0 Å². The zero-order valence-electron chi connectivity index (χ0n) is 11.9. The van der Waals surface area contributed by atoms with Crippen LogP contribution in [0.5, 0.6) is 5.75 Å². The Kier molecular flexibility index (Phi) is 5.21. The van der Waals surface area contributed by atoms with Crippen LogP contribution >= 0.6 is 0 Å². The molecule has 104 valence electrons. The van der Waals surface area contributed by atoms with Gasteiger partial charge in [-0.15, -0.1) is 0 Å². The van der Waals surface area contributed by atoms with Crippen molar-refractivity contribution in [1.82, 2.24) is 10.2 Å². The van der Waals surface area contributed by atoms with Gasteiger partial charge in [0.05, 0.1) is 12.2 Å². The Morgan fingerprint density at radius 1 is 1.32 bits per heavy atom. The summed E-state index contributed by atoms with van der Waals surface area (Å²) in [6.07, 6.45) is 2.14. The molecule has 1 aliphatic heterocycles. The number of rotatable bonds is 6. The molecule has 2 rings (SSSR count). The van der Waals surface area contributed by atoms with E-state index in [1.165, 1.54) is 0 Å². The number of hydrogen-bond acceptors (Lipinski definition) is 4. The van der Waals surface area contributed by atoms with Gasteiger partial charge in [-0.3, -0.25) is 4.99 Å². The Labute approximate surface area is 115 Å². The molecule has 19 heavy (non-hydrogen) atoms. The van der Waals surface area contributed by atoms with Crippen molar-refractivity contribution in [2.24, 2.45) is 4.99 Å². The first-order valence-electron chi connectivity index (χ1n) is 6.92. The van der Waals surface area contributed by atoms with Crippen LogP contribution in [0.2, 0.25) is 0 Å². The molecule has 1 N–H and O–H groups in total. The van der Waals surface area contributed by atoms with Crippen molar-refractivity contribution in [1.29, 1.82) is 0 Å². The molecule has 0 spiro atoms. The van der Waals surface area contributed by atoms with Gasteiger partial charge < -0.3 is 15.0 Å². The second-order valence-corrected chi connectivity index (χ2v) is 5.01. The maximum atomic E-state index is 5.89. The minimum absolute atomic E-state index is 0.739. The standard InChI is InChI=1S/C15H23N3O/c1-18(2)11-6-12-19-14-8-4-3-7-13(14)15-16-9-5-10-17-15/h3-4,7-8H,5-6,9-12H2,1-2H3,(H,16,17). The van der Waals surface area contributed by atoms with Crippen LogP contribution in [0.3, 0.4) is 0 Å². The minimum Gasteiger partial charge on any atom is -0.493 e. The number of benzene rings is 1. The van der Waals surface area contributed by atoms with Gasteiger partial charge in [0.15, 0.2) is 0 Å². The molecule has 0 saturated heterocycles. The van der Waals surface area contributed by atoms with Crippen LogP contribution in [0.25, 0.3) is 0 Å². The third-order valence-electron chi connectivity index (χ3n) is 3.05. The Morgan fingerprint density at radius 3 is 2.89 bits per heavy atom. The molecule has 1 aliphatic rings. The fourth-order valence-electron chi connectivity index (χ4n) is 2.06. The lowest BCUT2D eigenvalue weighted by atomic mass is 10.1. The van der Waals surface area contributed by atoms with Crippen molar-refractivity contribution >= 4 is 5.84 Å². The molecule has 0 unspecified atom stereocenters. The van der Waals surface area contributed by atoms with E-state index < -0.39 is 0 Å². The maximum absolute atomic E-state index is 5.89. The highest BCUT2D eigenvalue weighted by molar-refractivity contribution is 6.01. The van der Waals surface area contributed by atoms with E-state index in [-0.39, 0.29) is 0 Å². The zero-order valence-corrected chi connectivity index (χ0v) is 11.9. The highest BCUT2D eigenvalue weighted by Crippen LogP contribution is 2.19. The van der Waals surface area contributed by atoms with Crippen LogP contribution in [-0.2, 0) is 0 Å². The van der Waals surface area contributed by atoms with E-state index in [9.17, 15) is 0 Å². The Balaban J connectivity index is 1.98. The van der Waals surface area contributed by atoms with E-state index >= 15 is 0 Å². The number of aliphatic imine (C=N–C) groups is 1. The Bertz CT molecular complexity index is 429. The molecule has 1 aromatic carbocycles. The summed E-state index contributed by atoms with van der Waals surface area (Å²) in [5, 5.41) is 3.35. The third-order valence-corrected chi connectivity index (χ3v) is 3.05. The molecule has 0 amide bonds. The van der Waals surface area contributed by atoms with Crippen LogP contribution in [0.1, 0.15) is 18.4 Å². The number of para-hydroxylation sites is 1. The molecule has 0 aliphatic carbocycles. The van der Waals surface area contributed by atoms with Gasteiger partial charge in [-0.2, -0.15) is 0 Å². The fourth-order valence-corrected chi connectivity index (χ4v) is 2.06. The molecule has 0 atom stereocenters. The highest BCUT2D eigenvalue weighted by Gasteiger charge is 2.11. The van der Waals surface area contributed by atoms with Gasteiger partial charge in [0.2, 0.25) is 0 Å². The summed E-state index contributed by atoms with van der Waals surface area (Å²) in [6, 6.07) is 8.12. The van der Waals surface area contributed by atoms with Gasteiger partial charge >= 0.3 is 0 Å². The molecular weight excluding hydrogens is 238 g/mol. The average molecular weight is 261 g/mol. The average Bonchev–Trinajstić information content (AvgIpc) is 2.45. The summed E-state index contributed by atoms with van der Waals surface area (Å²) in [5.41, 5.74) is 1.08. The summed E-state index contributed by atoms with van der Waals surface area (Å²) in [5.74, 6) is 1.89. The lowest BCUT2D eigenvalue weighted by molar-refractivity contribution is 0.281. The molecule has 4 nitrogen and oxygen atoms in total. The lowest BCUT2D eigenvalue weighted by Gasteiger charge is -2.18. The van der Waals surface area contributed by atoms with Crippen LogP contribution in [-0.4, -0.2) is 51.1 Å². The fraction of sp³-hybridized carbons (Fsp3) is 0.533. The van der Waals surface area contributed by atoms with Gasteiger partial charge in [-0.1, -0.05) is 12.1 Å². The molecule has 1 heterocycles. The highest BCUT2D eigenvalue weighted by atomic mass is 16.5. The van der Waals surface area contributed by atoms with Gasteiger partial charge in [0, 0.05) is 19.6 Å². The second kappa shape index (κ2) is 7.14. The summed E-state index contributed by atoms with van der Waals surface area (Å²) >= 11 is 0. The van der Waals surface area contributed by atoms with Crippen LogP contribution in [0.4, 0.5) is 0 Å². The summed E-state index contributed by atoms with van der Waals surface area (Å²) in [4.78, 5) is 6.70. The summed E-state index contributed by atoms with van der Waals surface area (Å²) in [7, 11) is 4.16. The van der Waals surface area contributed by atoms with E-state index in [4.69, 9.17) is 4.74 Å². The number of amidine groups is 1. The van der Waals surface area contributed by atoms with Crippen molar-refractivity contribution in [2.45, 2.75) is 12.8 Å². The predicted octanol–water partition coefficient (Wildman–Crippen LogP) is 1.76. The normalized spacial score (nSPS) is 15.0. The maximum Gasteiger partial charge on any atom is 0.132 e. The number of hydrogen-bond donors (Lipinski definition) is 1. The Morgan fingerprint density at radius 2 is 2.16 bits per heavy atom. The van der Waals surface area contributed by atoms with E-state index in [0.29, 0.717) is 0 Å².